The van der Waals surface area contributed by atoms with Crippen LogP contribution in [-0.4, -0.2) is 0 Å². The second kappa shape index (κ2) is 2.51. The zero-order valence-corrected chi connectivity index (χ0v) is 5.30. The van der Waals surface area contributed by atoms with Crippen molar-refractivity contribution in [2.24, 2.45) is 0 Å². The molecule has 0 aromatic carbocycles. The van der Waals surface area contributed by atoms with E-state index in [0.717, 1.165) is 0 Å². The van der Waals surface area contributed by atoms with Gasteiger partial charge in [-0.05, 0) is 12.2 Å². The number of hydroxylamine groups is 1. The van der Waals surface area contributed by atoms with E-state index < -0.39 is 7.68 Å². The molecule has 5 heteroatoms. The van der Waals surface area contributed by atoms with Crippen molar-refractivity contribution in [3.05, 3.63) is 23.9 Å². The highest BCUT2D eigenvalue weighted by molar-refractivity contribution is 7.36. The van der Waals surface area contributed by atoms with Crippen LogP contribution in [0, 0.1) is 0 Å². The first-order chi connectivity index (χ1) is 4.30. The third kappa shape index (κ3) is 1.44. The molecule has 0 saturated carbocycles. The van der Waals surface area contributed by atoms with Gasteiger partial charge < -0.3 is 4.84 Å². The maximum Gasteiger partial charge on any atom is 0.368 e. The van der Waals surface area contributed by atoms with Crippen LogP contribution in [0.5, 0.6) is 0 Å². The van der Waals surface area contributed by atoms with Crippen molar-refractivity contribution in [1.29, 1.82) is 0 Å². The maximum atomic E-state index is 10.1. The fraction of sp³-hybridized carbons (Fsp3) is 0. The molecule has 1 N–H and O–H groups in total. The van der Waals surface area contributed by atoms with Gasteiger partial charge in [-0.15, -0.1) is 0 Å². The van der Waals surface area contributed by atoms with Crippen molar-refractivity contribution in [3.8, 4) is 0 Å². The van der Waals surface area contributed by atoms with Crippen LogP contribution in [0.4, 0.5) is 0 Å². The van der Waals surface area contributed by atoms with Crippen LogP contribution in [0.15, 0.2) is 23.9 Å². The van der Waals surface area contributed by atoms with E-state index in [4.69, 9.17) is 0 Å². The van der Waals surface area contributed by atoms with E-state index in [1.807, 2.05) is 0 Å². The van der Waals surface area contributed by atoms with Gasteiger partial charge in [-0.25, -0.2) is 14.6 Å². The van der Waals surface area contributed by atoms with Crippen LogP contribution >= 0.6 is 7.68 Å². The number of allylic oxidation sites excluding steroid dienone is 2. The van der Waals surface area contributed by atoms with Gasteiger partial charge in [0.2, 0.25) is 0 Å². The predicted molar refractivity (Wildman–Crippen MR) is 29.7 cm³/mol. The SMILES string of the molecule is O=P(=O)C1=CC=CON1. The summed E-state index contributed by atoms with van der Waals surface area (Å²) in [4.78, 5) is 4.46. The molecule has 0 bridgehead atoms. The first-order valence-corrected chi connectivity index (χ1v) is 3.41. The molecule has 4 nitrogen and oxygen atoms in total. The molecule has 48 valence electrons. The normalized spacial score (nSPS) is 15.3. The zero-order valence-electron chi connectivity index (χ0n) is 4.40. The summed E-state index contributed by atoms with van der Waals surface area (Å²) < 4.78 is 20.3. The largest absolute Gasteiger partial charge is 0.389 e. The Kier molecular flexibility index (Phi) is 1.70. The Labute approximate surface area is 52.0 Å². The lowest BCUT2D eigenvalue weighted by molar-refractivity contribution is 0.167. The van der Waals surface area contributed by atoms with Crippen LogP contribution in [0.2, 0.25) is 0 Å². The quantitative estimate of drug-likeness (QED) is 0.560. The lowest BCUT2D eigenvalue weighted by atomic mass is 10.6. The summed E-state index contributed by atoms with van der Waals surface area (Å²) in [6, 6.07) is 0. The average Bonchev–Trinajstić information content (AvgIpc) is 1.90. The topological polar surface area (TPSA) is 55.4 Å². The molecular weight excluding hydrogens is 141 g/mol. The van der Waals surface area contributed by atoms with Gasteiger partial charge in [0.1, 0.15) is 6.26 Å². The number of nitrogens with one attached hydrogen (secondary N) is 1. The van der Waals surface area contributed by atoms with E-state index >= 15 is 0 Å². The Bertz CT molecular complexity index is 220. The van der Waals surface area contributed by atoms with Gasteiger partial charge >= 0.3 is 7.68 Å². The summed E-state index contributed by atoms with van der Waals surface area (Å²) in [5.41, 5.74) is 2.27. The third-order valence-electron chi connectivity index (χ3n) is 0.761. The number of rotatable bonds is 1. The molecule has 0 aliphatic carbocycles. The van der Waals surface area contributed by atoms with Crippen molar-refractivity contribution in [3.63, 3.8) is 0 Å². The van der Waals surface area contributed by atoms with Gasteiger partial charge in [0, 0.05) is 0 Å². The second-order valence-corrected chi connectivity index (χ2v) is 2.35. The highest BCUT2D eigenvalue weighted by Gasteiger charge is 2.02. The van der Waals surface area contributed by atoms with Crippen molar-refractivity contribution in [2.75, 3.05) is 0 Å². The summed E-state index contributed by atoms with van der Waals surface area (Å²) in [6.45, 7) is 0. The van der Waals surface area contributed by atoms with Gasteiger partial charge in [0.15, 0.2) is 5.44 Å². The molecule has 0 atom stereocenters. The molecule has 0 amide bonds. The van der Waals surface area contributed by atoms with Crippen molar-refractivity contribution < 1.29 is 14.0 Å². The summed E-state index contributed by atoms with van der Waals surface area (Å²) in [6.07, 6.45) is 4.26. The maximum absolute atomic E-state index is 10.1. The minimum absolute atomic E-state index is 0.0764. The predicted octanol–water partition coefficient (Wildman–Crippen LogP) is 1.05. The van der Waals surface area contributed by atoms with E-state index in [0.29, 0.717) is 0 Å². The van der Waals surface area contributed by atoms with Crippen LogP contribution in [0.25, 0.3) is 0 Å². The molecule has 9 heavy (non-hydrogen) atoms. The Hall–Kier alpha value is -1.02. The molecule has 1 aliphatic rings. The Balaban J connectivity index is 2.80. The molecule has 0 aromatic heterocycles. The highest BCUT2D eigenvalue weighted by atomic mass is 31.1. The van der Waals surface area contributed by atoms with E-state index in [2.05, 4.69) is 10.3 Å². The first kappa shape index (κ1) is 6.11. The minimum atomic E-state index is -2.54. The minimum Gasteiger partial charge on any atom is -0.389 e. The fourth-order valence-electron chi connectivity index (χ4n) is 0.396. The standard InChI is InChI=1S/C4H4NO3P/c6-9(7)4-2-1-3-8-5-4/h1-3,5H. The number of hydrogen-bond acceptors (Lipinski definition) is 4. The fourth-order valence-corrected chi connectivity index (χ4v) is 0.731. The number of hydrogen-bond donors (Lipinski definition) is 1. The van der Waals surface area contributed by atoms with Crippen LogP contribution < -0.4 is 5.48 Å². The van der Waals surface area contributed by atoms with Gasteiger partial charge in [-0.1, -0.05) is 0 Å². The van der Waals surface area contributed by atoms with Crippen molar-refractivity contribution in [2.45, 2.75) is 0 Å². The summed E-state index contributed by atoms with van der Waals surface area (Å²) in [5, 5.41) is 0. The third-order valence-corrected chi connectivity index (χ3v) is 1.39. The smallest absolute Gasteiger partial charge is 0.368 e. The van der Waals surface area contributed by atoms with Gasteiger partial charge in [0.05, 0.1) is 0 Å². The molecule has 0 unspecified atom stereocenters. The molecule has 0 radical (unpaired) electrons. The summed E-state index contributed by atoms with van der Waals surface area (Å²) in [5.74, 6) is 0. The Morgan fingerprint density at radius 3 is 2.67 bits per heavy atom. The Morgan fingerprint density at radius 1 is 1.56 bits per heavy atom. The molecule has 0 aromatic rings. The molecule has 0 fully saturated rings. The molecule has 1 rings (SSSR count). The van der Waals surface area contributed by atoms with Crippen LogP contribution in [0.1, 0.15) is 0 Å². The van der Waals surface area contributed by atoms with Gasteiger partial charge in [0.25, 0.3) is 0 Å². The first-order valence-electron chi connectivity index (χ1n) is 2.23. The molecule has 0 saturated heterocycles. The van der Waals surface area contributed by atoms with Crippen LogP contribution in [-0.2, 0) is 14.0 Å². The second-order valence-electron chi connectivity index (χ2n) is 1.36. The summed E-state index contributed by atoms with van der Waals surface area (Å²) >= 11 is 0. The van der Waals surface area contributed by atoms with Gasteiger partial charge in [-0.3, -0.25) is 0 Å². The van der Waals surface area contributed by atoms with E-state index in [-0.39, 0.29) is 5.44 Å². The molecule has 1 heterocycles. The molecule has 0 spiro atoms. The monoisotopic (exact) mass is 145 g/mol. The lowest BCUT2D eigenvalue weighted by Crippen LogP contribution is -2.08. The highest BCUT2D eigenvalue weighted by Crippen LogP contribution is 2.17. The van der Waals surface area contributed by atoms with Crippen molar-refractivity contribution in [1.82, 2.24) is 5.48 Å². The van der Waals surface area contributed by atoms with E-state index in [1.54, 1.807) is 0 Å². The summed E-state index contributed by atoms with van der Waals surface area (Å²) in [7, 11) is -2.54. The lowest BCUT2D eigenvalue weighted by Gasteiger charge is -2.03. The van der Waals surface area contributed by atoms with Crippen molar-refractivity contribution >= 4 is 7.68 Å². The molecule has 1 aliphatic heterocycles. The Morgan fingerprint density at radius 2 is 2.33 bits per heavy atom. The van der Waals surface area contributed by atoms with Gasteiger partial charge in [-0.2, -0.15) is 0 Å². The van der Waals surface area contributed by atoms with E-state index in [9.17, 15) is 9.13 Å². The van der Waals surface area contributed by atoms with E-state index in [1.165, 1.54) is 18.4 Å². The average molecular weight is 145 g/mol. The zero-order chi connectivity index (χ0) is 6.69. The van der Waals surface area contributed by atoms with Crippen LogP contribution in [0.3, 0.4) is 0 Å². The molecular formula is C4H4NO3P.